The first-order valence-corrected chi connectivity index (χ1v) is 8.87. The molecule has 0 spiro atoms. The van der Waals surface area contributed by atoms with Crippen LogP contribution in [0.4, 0.5) is 0 Å². The fourth-order valence-electron chi connectivity index (χ4n) is 4.02. The van der Waals surface area contributed by atoms with Gasteiger partial charge in [-0.2, -0.15) is 0 Å². The number of hydrogen-bond acceptors (Lipinski definition) is 6. The van der Waals surface area contributed by atoms with E-state index >= 15 is 0 Å². The first-order chi connectivity index (χ1) is 12.7. The van der Waals surface area contributed by atoms with Gasteiger partial charge in [0.1, 0.15) is 0 Å². The summed E-state index contributed by atoms with van der Waals surface area (Å²) < 4.78 is 10.2. The molecule has 0 radical (unpaired) electrons. The quantitative estimate of drug-likeness (QED) is 0.794. The highest BCUT2D eigenvalue weighted by Gasteiger charge is 2.43. The molecule has 0 saturated carbocycles. The summed E-state index contributed by atoms with van der Waals surface area (Å²) in [6.45, 7) is 5.93. The number of phenolic OH excluding ortho intramolecular Hbond substituents is 1. The van der Waals surface area contributed by atoms with Crippen LogP contribution >= 0.6 is 0 Å². The average Bonchev–Trinajstić information content (AvgIpc) is 2.59. The van der Waals surface area contributed by atoms with Crippen LogP contribution in [0, 0.1) is 5.41 Å². The number of dihydropyridines is 1. The second kappa shape index (κ2) is 6.76. The molecule has 3 rings (SSSR count). The van der Waals surface area contributed by atoms with Crippen LogP contribution in [-0.4, -0.2) is 31.1 Å². The van der Waals surface area contributed by atoms with Crippen molar-refractivity contribution in [1.29, 1.82) is 0 Å². The van der Waals surface area contributed by atoms with E-state index in [0.717, 1.165) is 5.70 Å². The molecule has 0 bridgehead atoms. The van der Waals surface area contributed by atoms with E-state index in [4.69, 9.17) is 9.47 Å². The lowest BCUT2D eigenvalue weighted by atomic mass is 9.68. The smallest absolute Gasteiger partial charge is 0.336 e. The second-order valence-electron chi connectivity index (χ2n) is 7.85. The van der Waals surface area contributed by atoms with Gasteiger partial charge in [0.15, 0.2) is 17.3 Å². The third-order valence-corrected chi connectivity index (χ3v) is 5.18. The van der Waals surface area contributed by atoms with Gasteiger partial charge in [0.05, 0.1) is 19.8 Å². The summed E-state index contributed by atoms with van der Waals surface area (Å²) >= 11 is 0. The van der Waals surface area contributed by atoms with Crippen molar-refractivity contribution in [2.45, 2.75) is 39.5 Å². The summed E-state index contributed by atoms with van der Waals surface area (Å²) in [7, 11) is 2.79. The highest BCUT2D eigenvalue weighted by molar-refractivity contribution is 6.04. The third kappa shape index (κ3) is 3.31. The van der Waals surface area contributed by atoms with Crippen LogP contribution in [0.5, 0.6) is 11.5 Å². The third-order valence-electron chi connectivity index (χ3n) is 5.18. The second-order valence-corrected chi connectivity index (χ2v) is 7.85. The number of esters is 1. The Morgan fingerprint density at radius 2 is 1.96 bits per heavy atom. The fourth-order valence-corrected chi connectivity index (χ4v) is 4.02. The number of hydrogen-bond donors (Lipinski definition) is 2. The maximum Gasteiger partial charge on any atom is 0.336 e. The predicted octanol–water partition coefficient (Wildman–Crippen LogP) is 3.18. The number of ketones is 1. The Morgan fingerprint density at radius 3 is 2.59 bits per heavy atom. The summed E-state index contributed by atoms with van der Waals surface area (Å²) in [4.78, 5) is 25.6. The van der Waals surface area contributed by atoms with Gasteiger partial charge in [-0.15, -0.1) is 0 Å². The highest BCUT2D eigenvalue weighted by Crippen LogP contribution is 2.47. The average molecular weight is 371 g/mol. The number of carbonyl (C=O) groups excluding carboxylic acids is 2. The number of rotatable bonds is 3. The molecule has 0 saturated heterocycles. The minimum atomic E-state index is -0.563. The van der Waals surface area contributed by atoms with Crippen LogP contribution in [0.15, 0.2) is 40.7 Å². The van der Waals surface area contributed by atoms with E-state index in [9.17, 15) is 14.7 Å². The van der Waals surface area contributed by atoms with Gasteiger partial charge in [-0.05, 0) is 36.5 Å². The van der Waals surface area contributed by atoms with Crippen molar-refractivity contribution in [3.8, 4) is 11.5 Å². The van der Waals surface area contributed by atoms with E-state index in [0.29, 0.717) is 41.0 Å². The molecule has 27 heavy (non-hydrogen) atoms. The molecule has 1 aromatic rings. The van der Waals surface area contributed by atoms with Crippen molar-refractivity contribution in [2.75, 3.05) is 14.2 Å². The Hall–Kier alpha value is -2.76. The number of Topliss-reactive ketones (excluding diaryl/α,β-unsaturated/α-hetero) is 1. The Bertz CT molecular complexity index is 879. The number of benzene rings is 1. The summed E-state index contributed by atoms with van der Waals surface area (Å²) in [5.74, 6) is -0.743. The lowest BCUT2D eigenvalue weighted by Gasteiger charge is -2.39. The monoisotopic (exact) mass is 371 g/mol. The summed E-state index contributed by atoms with van der Waals surface area (Å²) in [5.41, 5.74) is 3.06. The summed E-state index contributed by atoms with van der Waals surface area (Å²) in [5, 5.41) is 13.2. The molecule has 0 amide bonds. The first-order valence-electron chi connectivity index (χ1n) is 8.87. The number of ether oxygens (including phenoxy) is 2. The van der Waals surface area contributed by atoms with Crippen LogP contribution < -0.4 is 10.1 Å². The molecule has 1 atom stereocenters. The van der Waals surface area contributed by atoms with E-state index in [1.54, 1.807) is 12.1 Å². The van der Waals surface area contributed by atoms with Crippen LogP contribution in [0.2, 0.25) is 0 Å². The van der Waals surface area contributed by atoms with Gasteiger partial charge in [0, 0.05) is 29.3 Å². The Morgan fingerprint density at radius 1 is 1.26 bits per heavy atom. The first kappa shape index (κ1) is 19.0. The molecule has 6 nitrogen and oxygen atoms in total. The molecule has 2 aliphatic rings. The Kier molecular flexibility index (Phi) is 4.76. The largest absolute Gasteiger partial charge is 0.504 e. The van der Waals surface area contributed by atoms with E-state index in [-0.39, 0.29) is 16.9 Å². The fraction of sp³-hybridized carbons (Fsp3) is 0.429. The lowest BCUT2D eigenvalue weighted by molar-refractivity contribution is -0.136. The molecule has 1 unspecified atom stereocenters. The number of methoxy groups -OCH3 is 2. The summed E-state index contributed by atoms with van der Waals surface area (Å²) in [6.07, 6.45) is 1.12. The Labute approximate surface area is 158 Å². The van der Waals surface area contributed by atoms with E-state index in [1.807, 2.05) is 6.92 Å². The normalized spacial score (nSPS) is 21.5. The van der Waals surface area contributed by atoms with E-state index < -0.39 is 11.9 Å². The minimum absolute atomic E-state index is 0.000751. The van der Waals surface area contributed by atoms with Gasteiger partial charge in [-0.3, -0.25) is 4.79 Å². The Balaban J connectivity index is 2.22. The lowest BCUT2D eigenvalue weighted by Crippen LogP contribution is -2.38. The van der Waals surface area contributed by atoms with E-state index in [1.165, 1.54) is 20.3 Å². The number of carbonyl (C=O) groups is 2. The topological polar surface area (TPSA) is 84.9 Å². The maximum absolute atomic E-state index is 13.1. The molecule has 1 aliphatic carbocycles. The number of nitrogens with one attached hydrogen (secondary N) is 1. The van der Waals surface area contributed by atoms with Gasteiger partial charge in [-0.1, -0.05) is 19.9 Å². The molecule has 6 heteroatoms. The van der Waals surface area contributed by atoms with Crippen molar-refractivity contribution in [3.05, 3.63) is 46.3 Å². The van der Waals surface area contributed by atoms with Crippen LogP contribution in [0.1, 0.15) is 45.1 Å². The van der Waals surface area contributed by atoms with Crippen molar-refractivity contribution in [3.63, 3.8) is 0 Å². The van der Waals surface area contributed by atoms with Crippen LogP contribution in [-0.2, 0) is 14.3 Å². The molecule has 1 aliphatic heterocycles. The molecule has 144 valence electrons. The van der Waals surface area contributed by atoms with Crippen molar-refractivity contribution in [1.82, 2.24) is 5.32 Å². The van der Waals surface area contributed by atoms with Gasteiger partial charge in [0.2, 0.25) is 0 Å². The SMILES string of the molecule is COC(=O)C1=C(C)NC2=C(C(=O)CC(C)(C)C2)C1c1ccc(O)c(OC)c1. The molecule has 1 heterocycles. The number of allylic oxidation sites excluding steroid dienone is 3. The van der Waals surface area contributed by atoms with Crippen LogP contribution in [0.25, 0.3) is 0 Å². The minimum Gasteiger partial charge on any atom is -0.504 e. The van der Waals surface area contributed by atoms with Gasteiger partial charge in [0.25, 0.3) is 0 Å². The van der Waals surface area contributed by atoms with Crippen molar-refractivity contribution in [2.24, 2.45) is 5.41 Å². The zero-order valence-corrected chi connectivity index (χ0v) is 16.3. The number of aromatic hydroxyl groups is 1. The molecule has 0 aromatic heterocycles. The van der Waals surface area contributed by atoms with Gasteiger partial charge >= 0.3 is 5.97 Å². The van der Waals surface area contributed by atoms with Gasteiger partial charge < -0.3 is 19.9 Å². The summed E-state index contributed by atoms with van der Waals surface area (Å²) in [6, 6.07) is 4.89. The molecule has 1 aromatic carbocycles. The van der Waals surface area contributed by atoms with E-state index in [2.05, 4.69) is 19.2 Å². The number of phenols is 1. The molecule has 2 N–H and O–H groups in total. The highest BCUT2D eigenvalue weighted by atomic mass is 16.5. The molecular weight excluding hydrogens is 346 g/mol. The van der Waals surface area contributed by atoms with Crippen LogP contribution in [0.3, 0.4) is 0 Å². The maximum atomic E-state index is 13.1. The zero-order valence-electron chi connectivity index (χ0n) is 16.3. The molecule has 0 fully saturated rings. The van der Waals surface area contributed by atoms with Crippen molar-refractivity contribution >= 4 is 11.8 Å². The zero-order chi connectivity index (χ0) is 19.9. The standard InChI is InChI=1S/C21H25NO5/c1-11-17(20(25)27-5)18(12-6-7-14(23)16(8-12)26-4)19-13(22-11)9-21(2,3)10-15(19)24/h6-8,18,22-23H,9-10H2,1-5H3. The predicted molar refractivity (Wildman–Crippen MR) is 100 cm³/mol. The van der Waals surface area contributed by atoms with Crippen molar-refractivity contribution < 1.29 is 24.2 Å². The van der Waals surface area contributed by atoms with Gasteiger partial charge in [-0.25, -0.2) is 4.79 Å². The molecular formula is C21H25NO5.